The van der Waals surface area contributed by atoms with E-state index in [0.29, 0.717) is 10.8 Å². The Bertz CT molecular complexity index is 511. The molecule has 0 saturated heterocycles. The van der Waals surface area contributed by atoms with E-state index in [1.807, 2.05) is 0 Å². The van der Waals surface area contributed by atoms with Crippen LogP contribution in [0.5, 0.6) is 5.75 Å². The lowest BCUT2D eigenvalue weighted by molar-refractivity contribution is -0.158. The molecule has 0 saturated carbocycles. The Hall–Kier alpha value is -1.75. The molecule has 0 fully saturated rings. The van der Waals surface area contributed by atoms with E-state index in [9.17, 15) is 9.59 Å². The largest absolute Gasteiger partial charge is 0.484 e. The minimum atomic E-state index is -0.736. The van der Waals surface area contributed by atoms with Gasteiger partial charge in [-0.3, -0.25) is 4.79 Å². The molecule has 1 rings (SSSR count). The second-order valence-corrected chi connectivity index (χ2v) is 6.01. The van der Waals surface area contributed by atoms with Gasteiger partial charge >= 0.3 is 5.97 Å². The van der Waals surface area contributed by atoms with Crippen molar-refractivity contribution in [3.63, 3.8) is 0 Å². The highest BCUT2D eigenvalue weighted by molar-refractivity contribution is 6.30. The van der Waals surface area contributed by atoms with Crippen molar-refractivity contribution in [3.8, 4) is 5.75 Å². The summed E-state index contributed by atoms with van der Waals surface area (Å²) in [5.41, 5.74) is -0.590. The third kappa shape index (κ3) is 6.99. The molecule has 0 aliphatic carbocycles. The SMILES string of the molecule is C[C@H](NC(=O)COc1cccc(Cl)c1)C(=O)OC(C)(C)C. The number of hydrogen-bond donors (Lipinski definition) is 1. The third-order valence-corrected chi connectivity index (χ3v) is 2.54. The number of nitrogens with one attached hydrogen (secondary N) is 1. The Kier molecular flexibility index (Phi) is 6.03. The predicted molar refractivity (Wildman–Crippen MR) is 80.4 cm³/mol. The lowest BCUT2D eigenvalue weighted by atomic mass is 10.2. The molecule has 1 amide bonds. The molecule has 0 aromatic heterocycles. The van der Waals surface area contributed by atoms with Gasteiger partial charge in [0.15, 0.2) is 6.61 Å². The molecule has 116 valence electrons. The monoisotopic (exact) mass is 313 g/mol. The maximum absolute atomic E-state index is 11.7. The molecule has 1 atom stereocenters. The molecule has 0 radical (unpaired) electrons. The van der Waals surface area contributed by atoms with Crippen LogP contribution >= 0.6 is 11.6 Å². The zero-order chi connectivity index (χ0) is 16.0. The molecule has 5 nitrogen and oxygen atoms in total. The fourth-order valence-electron chi connectivity index (χ4n) is 1.44. The number of rotatable bonds is 5. The van der Waals surface area contributed by atoms with Gasteiger partial charge in [-0.2, -0.15) is 0 Å². The van der Waals surface area contributed by atoms with Crippen molar-refractivity contribution >= 4 is 23.5 Å². The first-order valence-electron chi connectivity index (χ1n) is 6.58. The second kappa shape index (κ2) is 7.31. The van der Waals surface area contributed by atoms with Crippen molar-refractivity contribution in [2.75, 3.05) is 6.61 Å². The molecule has 0 aliphatic heterocycles. The first kappa shape index (κ1) is 17.3. The fourth-order valence-corrected chi connectivity index (χ4v) is 1.62. The number of carbonyl (C=O) groups excluding carboxylic acids is 2. The van der Waals surface area contributed by atoms with Crippen molar-refractivity contribution in [2.45, 2.75) is 39.3 Å². The van der Waals surface area contributed by atoms with Crippen molar-refractivity contribution in [3.05, 3.63) is 29.3 Å². The summed E-state index contributed by atoms with van der Waals surface area (Å²) in [5, 5.41) is 3.04. The van der Waals surface area contributed by atoms with Crippen LogP contribution in [0.2, 0.25) is 5.02 Å². The average Bonchev–Trinajstić information content (AvgIpc) is 2.34. The summed E-state index contributed by atoms with van der Waals surface area (Å²) in [4.78, 5) is 23.4. The van der Waals surface area contributed by atoms with Gasteiger partial charge in [0, 0.05) is 5.02 Å². The fraction of sp³-hybridized carbons (Fsp3) is 0.467. The molecule has 6 heteroatoms. The number of ether oxygens (including phenoxy) is 2. The van der Waals surface area contributed by atoms with Crippen LogP contribution in [0.3, 0.4) is 0 Å². The molecule has 0 bridgehead atoms. The molecule has 21 heavy (non-hydrogen) atoms. The molecule has 0 spiro atoms. The van der Waals surface area contributed by atoms with Crippen LogP contribution in [0.4, 0.5) is 0 Å². The summed E-state index contributed by atoms with van der Waals surface area (Å²) in [6.07, 6.45) is 0. The van der Waals surface area contributed by atoms with Gasteiger partial charge in [-0.05, 0) is 45.9 Å². The number of carbonyl (C=O) groups is 2. The zero-order valence-corrected chi connectivity index (χ0v) is 13.4. The molecule has 1 aromatic rings. The van der Waals surface area contributed by atoms with Gasteiger partial charge in [-0.1, -0.05) is 17.7 Å². The van der Waals surface area contributed by atoms with E-state index in [1.54, 1.807) is 52.0 Å². The normalized spacial score (nSPS) is 12.4. The number of hydrogen-bond acceptors (Lipinski definition) is 4. The first-order valence-corrected chi connectivity index (χ1v) is 6.96. The number of amides is 1. The quantitative estimate of drug-likeness (QED) is 0.849. The molecule has 0 unspecified atom stereocenters. The van der Waals surface area contributed by atoms with Gasteiger partial charge in [-0.15, -0.1) is 0 Å². The van der Waals surface area contributed by atoms with E-state index in [2.05, 4.69) is 5.32 Å². The summed E-state index contributed by atoms with van der Waals surface area (Å²) >= 11 is 5.81. The van der Waals surface area contributed by atoms with E-state index < -0.39 is 23.5 Å². The van der Waals surface area contributed by atoms with Crippen LogP contribution in [0.1, 0.15) is 27.7 Å². The van der Waals surface area contributed by atoms with Gasteiger partial charge in [-0.25, -0.2) is 4.79 Å². The summed E-state index contributed by atoms with van der Waals surface area (Å²) in [6.45, 7) is 6.66. The number of esters is 1. The Morgan fingerprint density at radius 1 is 1.33 bits per heavy atom. The Balaban J connectivity index is 2.41. The highest BCUT2D eigenvalue weighted by Gasteiger charge is 2.22. The van der Waals surface area contributed by atoms with E-state index in [0.717, 1.165) is 0 Å². The van der Waals surface area contributed by atoms with E-state index >= 15 is 0 Å². The molecule has 0 aliphatic rings. The molecule has 1 aromatic carbocycles. The summed E-state index contributed by atoms with van der Waals surface area (Å²) in [5.74, 6) is -0.408. The van der Waals surface area contributed by atoms with Crippen molar-refractivity contribution in [1.29, 1.82) is 0 Å². The summed E-state index contributed by atoms with van der Waals surface area (Å²) in [7, 11) is 0. The number of benzene rings is 1. The van der Waals surface area contributed by atoms with E-state index in [-0.39, 0.29) is 6.61 Å². The van der Waals surface area contributed by atoms with Crippen LogP contribution < -0.4 is 10.1 Å². The highest BCUT2D eigenvalue weighted by Crippen LogP contribution is 2.16. The van der Waals surface area contributed by atoms with Crippen LogP contribution in [0.25, 0.3) is 0 Å². The maximum atomic E-state index is 11.7. The van der Waals surface area contributed by atoms with Crippen LogP contribution in [-0.4, -0.2) is 30.1 Å². The van der Waals surface area contributed by atoms with Crippen molar-refractivity contribution < 1.29 is 19.1 Å². The number of halogens is 1. The predicted octanol–water partition coefficient (Wildman–Crippen LogP) is 2.57. The van der Waals surface area contributed by atoms with Crippen molar-refractivity contribution in [2.24, 2.45) is 0 Å². The molecular formula is C15H20ClNO4. The Morgan fingerprint density at radius 3 is 2.57 bits per heavy atom. The van der Waals surface area contributed by atoms with E-state index in [4.69, 9.17) is 21.1 Å². The molecular weight excluding hydrogens is 294 g/mol. The highest BCUT2D eigenvalue weighted by atomic mass is 35.5. The van der Waals surface area contributed by atoms with Crippen LogP contribution in [-0.2, 0) is 14.3 Å². The van der Waals surface area contributed by atoms with Crippen LogP contribution in [0, 0.1) is 0 Å². The van der Waals surface area contributed by atoms with Gasteiger partial charge in [0.05, 0.1) is 0 Å². The minimum Gasteiger partial charge on any atom is -0.484 e. The lowest BCUT2D eigenvalue weighted by Gasteiger charge is -2.22. The molecule has 0 heterocycles. The first-order chi connectivity index (χ1) is 9.67. The van der Waals surface area contributed by atoms with Crippen LogP contribution in [0.15, 0.2) is 24.3 Å². The van der Waals surface area contributed by atoms with E-state index in [1.165, 1.54) is 0 Å². The minimum absolute atomic E-state index is 0.201. The lowest BCUT2D eigenvalue weighted by Crippen LogP contribution is -2.43. The maximum Gasteiger partial charge on any atom is 0.328 e. The van der Waals surface area contributed by atoms with Gasteiger partial charge < -0.3 is 14.8 Å². The topological polar surface area (TPSA) is 64.6 Å². The Labute approximate surface area is 129 Å². The van der Waals surface area contributed by atoms with Gasteiger partial charge in [0.25, 0.3) is 5.91 Å². The standard InChI is InChI=1S/C15H20ClNO4/c1-10(14(19)21-15(2,3)4)17-13(18)9-20-12-7-5-6-11(16)8-12/h5-8,10H,9H2,1-4H3,(H,17,18)/t10-/m0/s1. The second-order valence-electron chi connectivity index (χ2n) is 5.57. The molecule has 1 N–H and O–H groups in total. The van der Waals surface area contributed by atoms with Gasteiger partial charge in [0.1, 0.15) is 17.4 Å². The van der Waals surface area contributed by atoms with Crippen molar-refractivity contribution in [1.82, 2.24) is 5.32 Å². The average molecular weight is 314 g/mol. The Morgan fingerprint density at radius 2 is 2.00 bits per heavy atom. The summed E-state index contributed by atoms with van der Waals surface area (Å²) < 4.78 is 10.4. The van der Waals surface area contributed by atoms with Gasteiger partial charge in [0.2, 0.25) is 0 Å². The third-order valence-electron chi connectivity index (χ3n) is 2.30. The zero-order valence-electron chi connectivity index (χ0n) is 12.6. The summed E-state index contributed by atoms with van der Waals surface area (Å²) in [6, 6.07) is 5.99. The smallest absolute Gasteiger partial charge is 0.328 e.